The van der Waals surface area contributed by atoms with Crippen molar-refractivity contribution in [3.63, 3.8) is 0 Å². The number of nitrogens with two attached hydrogens (primary N) is 1. The molecule has 0 radical (unpaired) electrons. The van der Waals surface area contributed by atoms with Gasteiger partial charge in [0.15, 0.2) is 0 Å². The van der Waals surface area contributed by atoms with Gasteiger partial charge in [0.05, 0.1) is 10.7 Å². The lowest BCUT2D eigenvalue weighted by atomic mass is 10.1. The predicted molar refractivity (Wildman–Crippen MR) is 93.2 cm³/mol. The van der Waals surface area contributed by atoms with E-state index in [1.54, 1.807) is 11.3 Å². The molecule has 4 heteroatoms. The molecule has 2 N–H and O–H groups in total. The van der Waals surface area contributed by atoms with Crippen LogP contribution in [0.1, 0.15) is 15.4 Å². The third-order valence-corrected chi connectivity index (χ3v) is 4.19. The summed E-state index contributed by atoms with van der Waals surface area (Å²) < 4.78 is 0. The van der Waals surface area contributed by atoms with Gasteiger partial charge in [0.2, 0.25) is 0 Å². The summed E-state index contributed by atoms with van der Waals surface area (Å²) in [6, 6.07) is 18.4. The lowest BCUT2D eigenvalue weighted by Gasteiger charge is -1.99. The minimum absolute atomic E-state index is 0. The zero-order valence-corrected chi connectivity index (χ0v) is 13.4. The van der Waals surface area contributed by atoms with Crippen molar-refractivity contribution in [2.24, 2.45) is 0 Å². The standard InChI is InChI=1S/C17H16N2S.ClH/c1-12-17(14-7-9-15(18)10-8-14)19-16(20-12)11-13-5-3-2-4-6-13;/h2-10H,11,18H2,1H3;1H. The fourth-order valence-corrected chi connectivity index (χ4v) is 3.20. The first-order chi connectivity index (χ1) is 9.72. The van der Waals surface area contributed by atoms with Crippen LogP contribution in [0, 0.1) is 6.92 Å². The number of rotatable bonds is 3. The molecular weight excluding hydrogens is 300 g/mol. The van der Waals surface area contributed by atoms with E-state index in [1.165, 1.54) is 10.4 Å². The molecule has 2 nitrogen and oxygen atoms in total. The Morgan fingerprint density at radius 1 is 1.00 bits per heavy atom. The molecule has 0 spiro atoms. The summed E-state index contributed by atoms with van der Waals surface area (Å²) in [7, 11) is 0. The van der Waals surface area contributed by atoms with Gasteiger partial charge in [0, 0.05) is 22.5 Å². The summed E-state index contributed by atoms with van der Waals surface area (Å²) >= 11 is 1.77. The fraction of sp³-hybridized carbons (Fsp3) is 0.118. The first-order valence-corrected chi connectivity index (χ1v) is 7.40. The average molecular weight is 317 g/mol. The molecule has 108 valence electrons. The van der Waals surface area contributed by atoms with Crippen LogP contribution in [0.3, 0.4) is 0 Å². The Morgan fingerprint density at radius 2 is 1.67 bits per heavy atom. The van der Waals surface area contributed by atoms with Crippen molar-refractivity contribution in [1.29, 1.82) is 0 Å². The van der Waals surface area contributed by atoms with Crippen molar-refractivity contribution in [3.8, 4) is 11.3 Å². The molecule has 3 aromatic rings. The van der Waals surface area contributed by atoms with Crippen LogP contribution in [0.4, 0.5) is 5.69 Å². The van der Waals surface area contributed by atoms with Crippen LogP contribution in [0.5, 0.6) is 0 Å². The van der Waals surface area contributed by atoms with E-state index in [0.717, 1.165) is 28.4 Å². The summed E-state index contributed by atoms with van der Waals surface area (Å²) in [5.74, 6) is 0. The molecule has 0 fully saturated rings. The molecular formula is C17H17ClN2S. The number of aromatic nitrogens is 1. The number of nitrogens with zero attached hydrogens (tertiary/aromatic N) is 1. The molecule has 3 rings (SSSR count). The quantitative estimate of drug-likeness (QED) is 0.710. The highest BCUT2D eigenvalue weighted by atomic mass is 35.5. The number of nitrogen functional groups attached to an aromatic ring is 1. The van der Waals surface area contributed by atoms with Gasteiger partial charge in [0.25, 0.3) is 0 Å². The van der Waals surface area contributed by atoms with E-state index in [9.17, 15) is 0 Å². The Hall–Kier alpha value is -1.84. The van der Waals surface area contributed by atoms with E-state index in [1.807, 2.05) is 30.3 Å². The molecule has 0 saturated carbocycles. The van der Waals surface area contributed by atoms with Crippen molar-refractivity contribution in [2.45, 2.75) is 13.3 Å². The van der Waals surface area contributed by atoms with Gasteiger partial charge < -0.3 is 5.73 Å². The third kappa shape index (κ3) is 3.63. The van der Waals surface area contributed by atoms with Crippen molar-refractivity contribution >= 4 is 29.4 Å². The van der Waals surface area contributed by atoms with Gasteiger partial charge in [-0.1, -0.05) is 42.5 Å². The van der Waals surface area contributed by atoms with Gasteiger partial charge in [-0.3, -0.25) is 0 Å². The summed E-state index contributed by atoms with van der Waals surface area (Å²) in [4.78, 5) is 6.03. The molecule has 2 aromatic carbocycles. The van der Waals surface area contributed by atoms with Crippen LogP contribution >= 0.6 is 23.7 Å². The van der Waals surface area contributed by atoms with Gasteiger partial charge in [-0.25, -0.2) is 4.98 Å². The molecule has 0 aliphatic rings. The molecule has 0 bridgehead atoms. The highest BCUT2D eigenvalue weighted by Crippen LogP contribution is 2.29. The van der Waals surface area contributed by atoms with Crippen LogP contribution in [0.2, 0.25) is 0 Å². The number of hydrogen-bond acceptors (Lipinski definition) is 3. The van der Waals surface area contributed by atoms with Crippen LogP contribution in [-0.2, 0) is 6.42 Å². The predicted octanol–water partition coefficient (Wildman–Crippen LogP) is 4.71. The zero-order chi connectivity index (χ0) is 13.9. The topological polar surface area (TPSA) is 38.9 Å². The Morgan fingerprint density at radius 3 is 2.33 bits per heavy atom. The number of halogens is 1. The maximum absolute atomic E-state index is 5.73. The monoisotopic (exact) mass is 316 g/mol. The second-order valence-corrected chi connectivity index (χ2v) is 6.08. The molecule has 0 aliphatic heterocycles. The van der Waals surface area contributed by atoms with Gasteiger partial charge >= 0.3 is 0 Å². The van der Waals surface area contributed by atoms with Crippen LogP contribution in [-0.4, -0.2) is 4.98 Å². The highest BCUT2D eigenvalue weighted by Gasteiger charge is 2.10. The average Bonchev–Trinajstić information content (AvgIpc) is 2.81. The van der Waals surface area contributed by atoms with Crippen molar-refractivity contribution < 1.29 is 0 Å². The smallest absolute Gasteiger partial charge is 0.0979 e. The molecule has 0 amide bonds. The second kappa shape index (κ2) is 6.74. The first-order valence-electron chi connectivity index (χ1n) is 6.58. The van der Waals surface area contributed by atoms with E-state index in [0.29, 0.717) is 0 Å². The third-order valence-electron chi connectivity index (χ3n) is 3.22. The molecule has 0 saturated heterocycles. The van der Waals surface area contributed by atoms with Gasteiger partial charge in [-0.05, 0) is 24.6 Å². The van der Waals surface area contributed by atoms with E-state index >= 15 is 0 Å². The highest BCUT2D eigenvalue weighted by molar-refractivity contribution is 7.12. The molecule has 1 heterocycles. The zero-order valence-electron chi connectivity index (χ0n) is 11.7. The van der Waals surface area contributed by atoms with Gasteiger partial charge in [0.1, 0.15) is 0 Å². The minimum Gasteiger partial charge on any atom is -0.399 e. The first kappa shape index (κ1) is 15.5. The number of hydrogen-bond donors (Lipinski definition) is 1. The maximum atomic E-state index is 5.73. The van der Waals surface area contributed by atoms with Gasteiger partial charge in [-0.2, -0.15) is 0 Å². The number of benzene rings is 2. The van der Waals surface area contributed by atoms with Crippen LogP contribution in [0.25, 0.3) is 11.3 Å². The Bertz CT molecular complexity index is 705. The summed E-state index contributed by atoms with van der Waals surface area (Å²) in [6.07, 6.45) is 0.890. The second-order valence-electron chi connectivity index (χ2n) is 4.80. The van der Waals surface area contributed by atoms with E-state index < -0.39 is 0 Å². The van der Waals surface area contributed by atoms with Crippen molar-refractivity contribution in [2.75, 3.05) is 5.73 Å². The number of aryl methyl sites for hydroxylation is 1. The number of thiazole rings is 1. The minimum atomic E-state index is 0. The summed E-state index contributed by atoms with van der Waals surface area (Å²) in [5.41, 5.74) is 10.0. The summed E-state index contributed by atoms with van der Waals surface area (Å²) in [5, 5.41) is 1.15. The number of anilines is 1. The Balaban J connectivity index is 0.00000161. The molecule has 21 heavy (non-hydrogen) atoms. The molecule has 0 unspecified atom stereocenters. The van der Waals surface area contributed by atoms with Crippen LogP contribution < -0.4 is 5.73 Å². The van der Waals surface area contributed by atoms with E-state index in [-0.39, 0.29) is 12.4 Å². The Kier molecular flexibility index (Phi) is 4.99. The van der Waals surface area contributed by atoms with Gasteiger partial charge in [-0.15, -0.1) is 23.7 Å². The van der Waals surface area contributed by atoms with Crippen molar-refractivity contribution in [3.05, 3.63) is 70.0 Å². The van der Waals surface area contributed by atoms with E-state index in [2.05, 4.69) is 31.2 Å². The SMILES string of the molecule is Cc1sc(Cc2ccccc2)nc1-c1ccc(N)cc1.Cl. The molecule has 0 aliphatic carbocycles. The molecule has 1 aromatic heterocycles. The van der Waals surface area contributed by atoms with Crippen molar-refractivity contribution in [1.82, 2.24) is 4.98 Å². The van der Waals surface area contributed by atoms with Crippen LogP contribution in [0.15, 0.2) is 54.6 Å². The summed E-state index contributed by atoms with van der Waals surface area (Å²) in [6.45, 7) is 2.12. The fourth-order valence-electron chi connectivity index (χ4n) is 2.21. The Labute approximate surface area is 135 Å². The van der Waals surface area contributed by atoms with E-state index in [4.69, 9.17) is 10.7 Å². The largest absolute Gasteiger partial charge is 0.399 e. The maximum Gasteiger partial charge on any atom is 0.0979 e. The normalized spacial score (nSPS) is 10.1. The lowest BCUT2D eigenvalue weighted by molar-refractivity contribution is 1.14. The lowest BCUT2D eigenvalue weighted by Crippen LogP contribution is -1.88. The molecule has 0 atom stereocenters.